The Hall–Kier alpha value is -3.87. The lowest BCUT2D eigenvalue weighted by atomic mass is 9.82. The van der Waals surface area contributed by atoms with Gasteiger partial charge in [-0.15, -0.1) is 0 Å². The SMILES string of the molecule is Nc1cccc(Nc2cc(S(=O)(=O)O)c(N)c3c2C(=O)c2c(S(=O)(=O)O)ccc(S(=O)(=O)O)c2C3=O)c1. The fourth-order valence-corrected chi connectivity index (χ4v) is 5.96. The van der Waals surface area contributed by atoms with Gasteiger partial charge < -0.3 is 16.8 Å². The summed E-state index contributed by atoms with van der Waals surface area (Å²) >= 11 is 0. The predicted molar refractivity (Wildman–Crippen MR) is 128 cm³/mol. The van der Waals surface area contributed by atoms with Crippen LogP contribution in [0.25, 0.3) is 0 Å². The molecule has 0 fully saturated rings. The molecular weight excluding hydrogens is 554 g/mol. The van der Waals surface area contributed by atoms with Crippen LogP contribution in [0.4, 0.5) is 22.7 Å². The number of nitrogen functional groups attached to an aromatic ring is 2. The van der Waals surface area contributed by atoms with Crippen molar-refractivity contribution in [2.75, 3.05) is 16.8 Å². The zero-order valence-electron chi connectivity index (χ0n) is 18.0. The van der Waals surface area contributed by atoms with Gasteiger partial charge in [0, 0.05) is 11.4 Å². The highest BCUT2D eigenvalue weighted by Crippen LogP contribution is 2.43. The maximum Gasteiger partial charge on any atom is 0.296 e. The number of nitrogens with two attached hydrogens (primary N) is 2. The molecule has 0 spiro atoms. The number of carbonyl (C=O) groups excluding carboxylic acids is 2. The van der Waals surface area contributed by atoms with Gasteiger partial charge in [-0.1, -0.05) is 6.07 Å². The summed E-state index contributed by atoms with van der Waals surface area (Å²) in [6, 6.07) is 7.39. The molecule has 194 valence electrons. The second kappa shape index (κ2) is 8.33. The number of benzene rings is 3. The molecule has 0 atom stereocenters. The zero-order chi connectivity index (χ0) is 27.7. The summed E-state index contributed by atoms with van der Waals surface area (Å²) in [7, 11) is -15.6. The number of nitrogens with one attached hydrogen (secondary N) is 1. The van der Waals surface area contributed by atoms with E-state index in [4.69, 9.17) is 11.5 Å². The van der Waals surface area contributed by atoms with Crippen molar-refractivity contribution in [1.82, 2.24) is 0 Å². The predicted octanol–water partition coefficient (Wildman–Crippen LogP) is 1.11. The Labute approximate surface area is 209 Å². The molecule has 17 heteroatoms. The van der Waals surface area contributed by atoms with Gasteiger partial charge in [-0.3, -0.25) is 23.2 Å². The molecule has 0 aromatic heterocycles. The Bertz CT molecular complexity index is 1880. The molecule has 1 aliphatic rings. The Morgan fingerprint density at radius 2 is 1.11 bits per heavy atom. The van der Waals surface area contributed by atoms with E-state index < -0.39 is 90.2 Å². The number of hydrogen-bond donors (Lipinski definition) is 6. The van der Waals surface area contributed by atoms with Crippen LogP contribution in [0.5, 0.6) is 0 Å². The molecule has 0 saturated carbocycles. The normalized spacial score (nSPS) is 13.7. The number of carbonyl (C=O) groups is 2. The van der Waals surface area contributed by atoms with Crippen molar-refractivity contribution < 1.29 is 48.5 Å². The first-order valence-electron chi connectivity index (χ1n) is 9.71. The lowest BCUT2D eigenvalue weighted by Crippen LogP contribution is -2.29. The van der Waals surface area contributed by atoms with Crippen molar-refractivity contribution >= 4 is 64.7 Å². The molecule has 0 heterocycles. The minimum Gasteiger partial charge on any atom is -0.399 e. The number of rotatable bonds is 5. The van der Waals surface area contributed by atoms with Crippen LogP contribution in [0, 0.1) is 0 Å². The van der Waals surface area contributed by atoms with E-state index in [-0.39, 0.29) is 11.4 Å². The van der Waals surface area contributed by atoms with Gasteiger partial charge in [-0.05, 0) is 36.4 Å². The van der Waals surface area contributed by atoms with Crippen molar-refractivity contribution in [3.05, 3.63) is 64.7 Å². The average Bonchev–Trinajstić information content (AvgIpc) is 2.75. The van der Waals surface area contributed by atoms with Gasteiger partial charge in [0.2, 0.25) is 0 Å². The highest BCUT2D eigenvalue weighted by Gasteiger charge is 2.42. The quantitative estimate of drug-likeness (QED) is 0.145. The third kappa shape index (κ3) is 4.43. The van der Waals surface area contributed by atoms with E-state index in [1.165, 1.54) is 24.3 Å². The van der Waals surface area contributed by atoms with Crippen LogP contribution in [0.15, 0.2) is 57.2 Å². The molecule has 1 aliphatic carbocycles. The molecule has 3 aromatic carbocycles. The van der Waals surface area contributed by atoms with E-state index in [0.717, 1.165) is 0 Å². The fraction of sp³-hybridized carbons (Fsp3) is 0. The third-order valence-corrected chi connectivity index (χ3v) is 8.05. The Morgan fingerprint density at radius 3 is 1.57 bits per heavy atom. The van der Waals surface area contributed by atoms with Crippen molar-refractivity contribution in [2.45, 2.75) is 14.7 Å². The molecule has 0 saturated heterocycles. The van der Waals surface area contributed by atoms with Gasteiger partial charge in [0.1, 0.15) is 14.7 Å². The molecule has 0 radical (unpaired) electrons. The molecule has 37 heavy (non-hydrogen) atoms. The Kier molecular flexibility index (Phi) is 5.90. The summed E-state index contributed by atoms with van der Waals surface area (Å²) in [6.07, 6.45) is 0. The molecule has 0 amide bonds. The van der Waals surface area contributed by atoms with Gasteiger partial charge in [-0.2, -0.15) is 25.3 Å². The van der Waals surface area contributed by atoms with Gasteiger partial charge >= 0.3 is 0 Å². The van der Waals surface area contributed by atoms with E-state index in [1.807, 2.05) is 0 Å². The highest BCUT2D eigenvalue weighted by molar-refractivity contribution is 7.86. The summed E-state index contributed by atoms with van der Waals surface area (Å²) in [5.74, 6) is -2.86. The summed E-state index contributed by atoms with van der Waals surface area (Å²) in [5.41, 5.74) is 6.60. The van der Waals surface area contributed by atoms with Crippen LogP contribution in [-0.2, 0) is 30.4 Å². The molecule has 8 N–H and O–H groups in total. The summed E-state index contributed by atoms with van der Waals surface area (Å²) in [5, 5.41) is 2.63. The average molecular weight is 570 g/mol. The third-order valence-electron chi connectivity index (χ3n) is 5.37. The zero-order valence-corrected chi connectivity index (χ0v) is 20.5. The molecule has 0 bridgehead atoms. The van der Waals surface area contributed by atoms with E-state index in [2.05, 4.69) is 5.32 Å². The second-order valence-corrected chi connectivity index (χ2v) is 11.9. The Balaban J connectivity index is 2.18. The second-order valence-electron chi connectivity index (χ2n) is 7.73. The lowest BCUT2D eigenvalue weighted by molar-refractivity contribution is 0.0975. The Morgan fingerprint density at radius 1 is 0.622 bits per heavy atom. The standard InChI is InChI=1S/C20H15N3O11S3/c21-8-2-1-3-9(6-8)23-10-7-13(37(32,33)34)18(22)17-14(10)19(24)15-11(35(26,27)28)4-5-12(36(29,30)31)16(15)20(17)25/h1-7,23H,21-22H2,(H,26,27,28)(H,29,30,31)(H,32,33,34). The number of ketones is 2. The van der Waals surface area contributed by atoms with E-state index >= 15 is 0 Å². The smallest absolute Gasteiger partial charge is 0.296 e. The fourth-order valence-electron chi connectivity index (χ4n) is 3.92. The number of anilines is 4. The lowest BCUT2D eigenvalue weighted by Gasteiger charge is -2.25. The van der Waals surface area contributed by atoms with Crippen LogP contribution in [0.2, 0.25) is 0 Å². The molecule has 0 unspecified atom stereocenters. The van der Waals surface area contributed by atoms with Crippen molar-refractivity contribution in [2.24, 2.45) is 0 Å². The minimum absolute atomic E-state index is 0.154. The minimum atomic E-state index is -5.27. The maximum atomic E-state index is 13.7. The topological polar surface area (TPSA) is 261 Å². The number of hydrogen-bond acceptors (Lipinski definition) is 11. The highest BCUT2D eigenvalue weighted by atomic mass is 32.2. The van der Waals surface area contributed by atoms with Crippen molar-refractivity contribution in [3.63, 3.8) is 0 Å². The van der Waals surface area contributed by atoms with E-state index in [1.54, 1.807) is 0 Å². The summed E-state index contributed by atoms with van der Waals surface area (Å²) in [4.78, 5) is 23.8. The van der Waals surface area contributed by atoms with Crippen LogP contribution < -0.4 is 16.8 Å². The summed E-state index contributed by atoms with van der Waals surface area (Å²) < 4.78 is 101. The number of fused-ring (bicyclic) bond motifs is 2. The van der Waals surface area contributed by atoms with Gasteiger partial charge in [0.15, 0.2) is 11.6 Å². The van der Waals surface area contributed by atoms with Crippen LogP contribution in [0.1, 0.15) is 31.8 Å². The van der Waals surface area contributed by atoms with Gasteiger partial charge in [-0.25, -0.2) is 0 Å². The van der Waals surface area contributed by atoms with Crippen LogP contribution in [0.3, 0.4) is 0 Å². The first-order valence-corrected chi connectivity index (χ1v) is 14.0. The first-order chi connectivity index (χ1) is 16.9. The molecule has 3 aromatic rings. The molecule has 4 rings (SSSR count). The van der Waals surface area contributed by atoms with Crippen molar-refractivity contribution in [1.29, 1.82) is 0 Å². The monoisotopic (exact) mass is 569 g/mol. The van der Waals surface area contributed by atoms with Gasteiger partial charge in [0.05, 0.1) is 33.6 Å². The first kappa shape index (κ1) is 26.2. The van der Waals surface area contributed by atoms with Crippen LogP contribution >= 0.6 is 0 Å². The summed E-state index contributed by atoms with van der Waals surface area (Å²) in [6.45, 7) is 0. The maximum absolute atomic E-state index is 13.7. The molecular formula is C20H15N3O11S3. The van der Waals surface area contributed by atoms with Crippen LogP contribution in [-0.4, -0.2) is 50.5 Å². The van der Waals surface area contributed by atoms with E-state index in [0.29, 0.717) is 18.2 Å². The van der Waals surface area contributed by atoms with Gasteiger partial charge in [0.25, 0.3) is 30.4 Å². The van der Waals surface area contributed by atoms with Crippen molar-refractivity contribution in [3.8, 4) is 0 Å². The van der Waals surface area contributed by atoms with E-state index in [9.17, 15) is 48.5 Å². The largest absolute Gasteiger partial charge is 0.399 e. The molecule has 14 nitrogen and oxygen atoms in total. The molecule has 0 aliphatic heterocycles.